The average molecular weight is 314 g/mol. The molecule has 4 nitrogen and oxygen atoms in total. The Morgan fingerprint density at radius 2 is 2.26 bits per heavy atom. The SMILES string of the molecule is CCOC1=C(OC2CCCN(c3cccc(C)n3)C2)C=CCC1. The summed E-state index contributed by atoms with van der Waals surface area (Å²) in [5.74, 6) is 2.97. The van der Waals surface area contributed by atoms with Crippen LogP contribution in [0.5, 0.6) is 0 Å². The minimum absolute atomic E-state index is 0.194. The predicted octanol–water partition coefficient (Wildman–Crippen LogP) is 3.97. The number of nitrogens with zero attached hydrogens (tertiary/aromatic N) is 2. The summed E-state index contributed by atoms with van der Waals surface area (Å²) in [5.41, 5.74) is 1.06. The van der Waals surface area contributed by atoms with Crippen LogP contribution < -0.4 is 4.90 Å². The lowest BCUT2D eigenvalue weighted by atomic mass is 10.1. The van der Waals surface area contributed by atoms with E-state index in [1.807, 2.05) is 19.9 Å². The zero-order valence-corrected chi connectivity index (χ0v) is 14.1. The van der Waals surface area contributed by atoms with E-state index in [0.29, 0.717) is 6.61 Å². The van der Waals surface area contributed by atoms with Gasteiger partial charge >= 0.3 is 0 Å². The van der Waals surface area contributed by atoms with Gasteiger partial charge in [-0.3, -0.25) is 0 Å². The van der Waals surface area contributed by atoms with Gasteiger partial charge in [0.25, 0.3) is 0 Å². The van der Waals surface area contributed by atoms with Gasteiger partial charge in [0.05, 0.1) is 13.2 Å². The Morgan fingerprint density at radius 3 is 3.09 bits per heavy atom. The Hall–Kier alpha value is -1.97. The minimum atomic E-state index is 0.194. The molecule has 1 fully saturated rings. The predicted molar refractivity (Wildman–Crippen MR) is 92.3 cm³/mol. The van der Waals surface area contributed by atoms with E-state index in [9.17, 15) is 0 Å². The maximum absolute atomic E-state index is 6.28. The Morgan fingerprint density at radius 1 is 1.35 bits per heavy atom. The summed E-state index contributed by atoms with van der Waals surface area (Å²) in [5, 5.41) is 0. The molecule has 1 aromatic heterocycles. The molecule has 1 aliphatic carbocycles. The quantitative estimate of drug-likeness (QED) is 0.823. The second-order valence-electron chi connectivity index (χ2n) is 6.13. The van der Waals surface area contributed by atoms with Crippen LogP contribution in [0.3, 0.4) is 0 Å². The summed E-state index contributed by atoms with van der Waals surface area (Å²) in [6.45, 7) is 6.68. The molecule has 0 radical (unpaired) electrons. The molecule has 3 rings (SSSR count). The normalized spacial score (nSPS) is 21.5. The van der Waals surface area contributed by atoms with E-state index in [-0.39, 0.29) is 6.10 Å². The number of anilines is 1. The van der Waals surface area contributed by atoms with Crippen molar-refractivity contribution < 1.29 is 9.47 Å². The van der Waals surface area contributed by atoms with Crippen LogP contribution in [-0.2, 0) is 9.47 Å². The van der Waals surface area contributed by atoms with Gasteiger partial charge in [-0.05, 0) is 51.3 Å². The van der Waals surface area contributed by atoms with Gasteiger partial charge in [0.15, 0.2) is 5.76 Å². The highest BCUT2D eigenvalue weighted by Crippen LogP contribution is 2.26. The highest BCUT2D eigenvalue weighted by Gasteiger charge is 2.24. The van der Waals surface area contributed by atoms with Crippen molar-refractivity contribution in [2.75, 3.05) is 24.6 Å². The number of pyridine rings is 1. The monoisotopic (exact) mass is 314 g/mol. The van der Waals surface area contributed by atoms with Crippen LogP contribution >= 0.6 is 0 Å². The van der Waals surface area contributed by atoms with Crippen LogP contribution in [0, 0.1) is 6.92 Å². The van der Waals surface area contributed by atoms with Crippen LogP contribution in [-0.4, -0.2) is 30.8 Å². The van der Waals surface area contributed by atoms with Crippen molar-refractivity contribution in [2.24, 2.45) is 0 Å². The van der Waals surface area contributed by atoms with Gasteiger partial charge in [-0.15, -0.1) is 0 Å². The summed E-state index contributed by atoms with van der Waals surface area (Å²) < 4.78 is 12.0. The number of piperidine rings is 1. The third kappa shape index (κ3) is 4.06. The Kier molecular flexibility index (Phi) is 5.21. The highest BCUT2D eigenvalue weighted by atomic mass is 16.5. The summed E-state index contributed by atoms with van der Waals surface area (Å²) >= 11 is 0. The molecule has 0 spiro atoms. The van der Waals surface area contributed by atoms with E-state index in [1.54, 1.807) is 0 Å². The van der Waals surface area contributed by atoms with Crippen molar-refractivity contribution in [3.63, 3.8) is 0 Å². The second-order valence-corrected chi connectivity index (χ2v) is 6.13. The third-order valence-corrected chi connectivity index (χ3v) is 4.27. The summed E-state index contributed by atoms with van der Waals surface area (Å²) in [6.07, 6.45) is 8.61. The molecule has 0 saturated carbocycles. The van der Waals surface area contributed by atoms with Crippen molar-refractivity contribution in [1.29, 1.82) is 0 Å². The molecular formula is C19H26N2O2. The first-order valence-electron chi connectivity index (χ1n) is 8.64. The van der Waals surface area contributed by atoms with Crippen molar-refractivity contribution in [3.8, 4) is 0 Å². The number of aromatic nitrogens is 1. The molecule has 1 aliphatic heterocycles. The van der Waals surface area contributed by atoms with E-state index in [0.717, 1.165) is 61.8 Å². The molecular weight excluding hydrogens is 288 g/mol. The third-order valence-electron chi connectivity index (χ3n) is 4.27. The number of hydrogen-bond acceptors (Lipinski definition) is 4. The van der Waals surface area contributed by atoms with Crippen molar-refractivity contribution in [2.45, 2.75) is 45.6 Å². The highest BCUT2D eigenvalue weighted by molar-refractivity contribution is 5.40. The molecule has 1 aromatic rings. The van der Waals surface area contributed by atoms with E-state index in [2.05, 4.69) is 34.2 Å². The first-order chi connectivity index (χ1) is 11.3. The van der Waals surface area contributed by atoms with Crippen LogP contribution in [0.25, 0.3) is 0 Å². The summed E-state index contributed by atoms with van der Waals surface area (Å²) in [6, 6.07) is 6.19. The number of aryl methyl sites for hydroxylation is 1. The van der Waals surface area contributed by atoms with Gasteiger partial charge in [0.2, 0.25) is 0 Å². The Bertz CT molecular complexity index is 595. The lowest BCUT2D eigenvalue weighted by Crippen LogP contribution is -2.40. The largest absolute Gasteiger partial charge is 0.494 e. The Balaban J connectivity index is 1.68. The van der Waals surface area contributed by atoms with E-state index >= 15 is 0 Å². The van der Waals surface area contributed by atoms with Crippen LogP contribution in [0.4, 0.5) is 5.82 Å². The topological polar surface area (TPSA) is 34.6 Å². The fourth-order valence-electron chi connectivity index (χ4n) is 3.17. The molecule has 0 aromatic carbocycles. The molecule has 23 heavy (non-hydrogen) atoms. The number of hydrogen-bond donors (Lipinski definition) is 0. The standard InChI is InChI=1S/C19H26N2O2/c1-3-22-17-10-4-5-11-18(17)23-16-9-7-13-21(14-16)19-12-6-8-15(2)20-19/h5-6,8,11-12,16H,3-4,7,9-10,13-14H2,1-2H3. The van der Waals surface area contributed by atoms with Gasteiger partial charge < -0.3 is 14.4 Å². The zero-order valence-electron chi connectivity index (χ0n) is 14.1. The second kappa shape index (κ2) is 7.53. The van der Waals surface area contributed by atoms with E-state index in [1.165, 1.54) is 0 Å². The molecule has 2 heterocycles. The van der Waals surface area contributed by atoms with Crippen molar-refractivity contribution in [1.82, 2.24) is 4.98 Å². The van der Waals surface area contributed by atoms with Crippen LogP contribution in [0.1, 0.15) is 38.3 Å². The van der Waals surface area contributed by atoms with Gasteiger partial charge in [0.1, 0.15) is 17.7 Å². The molecule has 1 unspecified atom stereocenters. The molecule has 2 aliphatic rings. The van der Waals surface area contributed by atoms with Crippen molar-refractivity contribution >= 4 is 5.82 Å². The maximum Gasteiger partial charge on any atom is 0.157 e. The van der Waals surface area contributed by atoms with Crippen molar-refractivity contribution in [3.05, 3.63) is 47.6 Å². The fourth-order valence-corrected chi connectivity index (χ4v) is 3.17. The molecule has 0 N–H and O–H groups in total. The fraction of sp³-hybridized carbons (Fsp3) is 0.526. The van der Waals surface area contributed by atoms with E-state index < -0.39 is 0 Å². The molecule has 1 saturated heterocycles. The number of ether oxygens (including phenoxy) is 2. The zero-order chi connectivity index (χ0) is 16.1. The van der Waals surface area contributed by atoms with Crippen LogP contribution in [0.15, 0.2) is 41.9 Å². The lowest BCUT2D eigenvalue weighted by Gasteiger charge is -2.34. The molecule has 0 bridgehead atoms. The molecule has 1 atom stereocenters. The molecule has 124 valence electrons. The average Bonchev–Trinajstić information content (AvgIpc) is 2.57. The smallest absolute Gasteiger partial charge is 0.157 e. The van der Waals surface area contributed by atoms with Gasteiger partial charge in [-0.2, -0.15) is 0 Å². The number of allylic oxidation sites excluding steroid dienone is 3. The molecule has 4 heteroatoms. The van der Waals surface area contributed by atoms with E-state index in [4.69, 9.17) is 9.47 Å². The first-order valence-corrected chi connectivity index (χ1v) is 8.64. The maximum atomic E-state index is 6.28. The lowest BCUT2D eigenvalue weighted by molar-refractivity contribution is 0.0877. The number of rotatable bonds is 5. The first kappa shape index (κ1) is 15.9. The molecule has 0 amide bonds. The minimum Gasteiger partial charge on any atom is -0.494 e. The van der Waals surface area contributed by atoms with Gasteiger partial charge in [-0.1, -0.05) is 12.1 Å². The summed E-state index contributed by atoms with van der Waals surface area (Å²) in [7, 11) is 0. The summed E-state index contributed by atoms with van der Waals surface area (Å²) in [4.78, 5) is 6.97. The van der Waals surface area contributed by atoms with Crippen LogP contribution in [0.2, 0.25) is 0 Å². The Labute approximate surface area is 138 Å². The van der Waals surface area contributed by atoms with Gasteiger partial charge in [-0.25, -0.2) is 4.98 Å². The van der Waals surface area contributed by atoms with Gasteiger partial charge in [0, 0.05) is 18.7 Å².